The monoisotopic (exact) mass is 223 g/mol. The second-order valence-electron chi connectivity index (χ2n) is 4.90. The Bertz CT molecular complexity index is 291. The maximum absolute atomic E-state index is 4.41. The highest BCUT2D eigenvalue weighted by Gasteiger charge is 2.10. The Morgan fingerprint density at radius 3 is 2.69 bits per heavy atom. The Labute approximate surface area is 99.2 Å². The van der Waals surface area contributed by atoms with E-state index in [2.05, 4.69) is 37.3 Å². The topological polar surface area (TPSA) is 29.9 Å². The van der Waals surface area contributed by atoms with Crippen LogP contribution in [0.2, 0.25) is 0 Å². The van der Waals surface area contributed by atoms with Crippen LogP contribution in [0, 0.1) is 5.92 Å². The zero-order chi connectivity index (χ0) is 12.0. The summed E-state index contributed by atoms with van der Waals surface area (Å²) in [6.45, 7) is 7.80. The van der Waals surface area contributed by atoms with Gasteiger partial charge in [0.2, 0.25) is 0 Å². The Hall–Kier alpha value is -0.830. The van der Waals surface area contributed by atoms with Gasteiger partial charge in [0, 0.05) is 19.3 Å². The van der Waals surface area contributed by atoms with E-state index in [1.165, 1.54) is 18.5 Å². The molecule has 1 unspecified atom stereocenters. The molecule has 0 spiro atoms. The smallest absolute Gasteiger partial charge is 0.0625 e. The van der Waals surface area contributed by atoms with Gasteiger partial charge in [-0.15, -0.1) is 0 Å². The lowest BCUT2D eigenvalue weighted by atomic mass is 9.99. The SMILES string of the molecule is CCNC(CCc1ccn(C)n1)CC(C)C. The van der Waals surface area contributed by atoms with Crippen LogP contribution in [0.5, 0.6) is 0 Å². The van der Waals surface area contributed by atoms with Gasteiger partial charge in [-0.2, -0.15) is 5.10 Å². The van der Waals surface area contributed by atoms with Crippen LogP contribution in [0.4, 0.5) is 0 Å². The lowest BCUT2D eigenvalue weighted by Gasteiger charge is -2.19. The molecule has 0 fully saturated rings. The van der Waals surface area contributed by atoms with Crippen LogP contribution in [0.1, 0.15) is 39.3 Å². The molecule has 1 heterocycles. The van der Waals surface area contributed by atoms with Gasteiger partial charge in [-0.3, -0.25) is 4.68 Å². The first-order valence-corrected chi connectivity index (χ1v) is 6.33. The number of rotatable bonds is 7. The zero-order valence-corrected chi connectivity index (χ0v) is 11.0. The van der Waals surface area contributed by atoms with Gasteiger partial charge in [-0.1, -0.05) is 20.8 Å². The maximum Gasteiger partial charge on any atom is 0.0625 e. The van der Waals surface area contributed by atoms with Crippen LogP contribution < -0.4 is 5.32 Å². The molecule has 0 saturated carbocycles. The van der Waals surface area contributed by atoms with Crippen molar-refractivity contribution in [1.82, 2.24) is 15.1 Å². The summed E-state index contributed by atoms with van der Waals surface area (Å²) in [6, 6.07) is 2.74. The molecule has 0 aliphatic carbocycles. The third-order valence-electron chi connectivity index (χ3n) is 2.77. The molecule has 0 radical (unpaired) electrons. The quantitative estimate of drug-likeness (QED) is 0.769. The van der Waals surface area contributed by atoms with Crippen molar-refractivity contribution in [3.05, 3.63) is 18.0 Å². The molecule has 0 aliphatic heterocycles. The summed E-state index contributed by atoms with van der Waals surface area (Å²) in [5, 5.41) is 7.97. The van der Waals surface area contributed by atoms with E-state index in [9.17, 15) is 0 Å². The van der Waals surface area contributed by atoms with Gasteiger partial charge in [-0.05, 0) is 37.8 Å². The van der Waals surface area contributed by atoms with Crippen molar-refractivity contribution in [2.75, 3.05) is 6.54 Å². The van der Waals surface area contributed by atoms with Crippen molar-refractivity contribution >= 4 is 0 Å². The molecular weight excluding hydrogens is 198 g/mol. The lowest BCUT2D eigenvalue weighted by molar-refractivity contribution is 0.404. The molecule has 0 amide bonds. The van der Waals surface area contributed by atoms with Crippen LogP contribution in [-0.4, -0.2) is 22.4 Å². The molecule has 0 bridgehead atoms. The first-order valence-electron chi connectivity index (χ1n) is 6.33. The van der Waals surface area contributed by atoms with E-state index in [-0.39, 0.29) is 0 Å². The largest absolute Gasteiger partial charge is 0.314 e. The highest BCUT2D eigenvalue weighted by atomic mass is 15.2. The molecule has 0 aliphatic rings. The Morgan fingerprint density at radius 2 is 2.19 bits per heavy atom. The number of aromatic nitrogens is 2. The fourth-order valence-corrected chi connectivity index (χ4v) is 2.08. The van der Waals surface area contributed by atoms with E-state index in [1.54, 1.807) is 0 Å². The molecule has 1 rings (SSSR count). The van der Waals surface area contributed by atoms with Gasteiger partial charge in [0.15, 0.2) is 0 Å². The predicted octanol–water partition coefficient (Wildman–Crippen LogP) is 2.38. The van der Waals surface area contributed by atoms with Crippen molar-refractivity contribution in [1.29, 1.82) is 0 Å². The summed E-state index contributed by atoms with van der Waals surface area (Å²) in [5.74, 6) is 0.757. The summed E-state index contributed by atoms with van der Waals surface area (Å²) in [5.41, 5.74) is 1.20. The normalized spacial score (nSPS) is 13.3. The number of hydrogen-bond acceptors (Lipinski definition) is 2. The van der Waals surface area contributed by atoms with Crippen molar-refractivity contribution in [2.45, 2.75) is 46.1 Å². The minimum absolute atomic E-state index is 0.631. The third-order valence-corrected chi connectivity index (χ3v) is 2.77. The standard InChI is InChI=1S/C13H25N3/c1-5-14-13(10-11(2)3)7-6-12-8-9-16(4)15-12/h8-9,11,13-14H,5-7,10H2,1-4H3. The molecular formula is C13H25N3. The molecule has 16 heavy (non-hydrogen) atoms. The van der Waals surface area contributed by atoms with Crippen LogP contribution >= 0.6 is 0 Å². The minimum atomic E-state index is 0.631. The molecule has 3 heteroatoms. The Kier molecular flexibility index (Phi) is 5.53. The molecule has 3 nitrogen and oxygen atoms in total. The number of nitrogens with one attached hydrogen (secondary N) is 1. The van der Waals surface area contributed by atoms with E-state index in [0.29, 0.717) is 6.04 Å². The second-order valence-corrected chi connectivity index (χ2v) is 4.90. The first kappa shape index (κ1) is 13.2. The number of aryl methyl sites for hydroxylation is 2. The highest BCUT2D eigenvalue weighted by Crippen LogP contribution is 2.10. The van der Waals surface area contributed by atoms with Gasteiger partial charge < -0.3 is 5.32 Å². The Morgan fingerprint density at radius 1 is 1.44 bits per heavy atom. The summed E-state index contributed by atoms with van der Waals surface area (Å²) in [7, 11) is 1.97. The molecule has 1 aromatic heterocycles. The molecule has 1 aromatic rings. The van der Waals surface area contributed by atoms with E-state index < -0.39 is 0 Å². The van der Waals surface area contributed by atoms with Crippen LogP contribution in [-0.2, 0) is 13.5 Å². The number of hydrogen-bond donors (Lipinski definition) is 1. The van der Waals surface area contributed by atoms with Crippen LogP contribution in [0.15, 0.2) is 12.3 Å². The maximum atomic E-state index is 4.41. The van der Waals surface area contributed by atoms with Gasteiger partial charge in [0.25, 0.3) is 0 Å². The average Bonchev–Trinajstić information content (AvgIpc) is 2.60. The average molecular weight is 223 g/mol. The number of nitrogens with zero attached hydrogens (tertiary/aromatic N) is 2. The van der Waals surface area contributed by atoms with Crippen molar-refractivity contribution < 1.29 is 0 Å². The second kappa shape index (κ2) is 6.69. The Balaban J connectivity index is 2.36. The predicted molar refractivity (Wildman–Crippen MR) is 68.4 cm³/mol. The molecule has 1 N–H and O–H groups in total. The zero-order valence-electron chi connectivity index (χ0n) is 11.0. The van der Waals surface area contributed by atoms with E-state index in [1.807, 2.05) is 17.9 Å². The van der Waals surface area contributed by atoms with Gasteiger partial charge in [0.05, 0.1) is 5.69 Å². The molecule has 1 atom stereocenters. The van der Waals surface area contributed by atoms with Crippen molar-refractivity contribution in [3.63, 3.8) is 0 Å². The molecule has 0 saturated heterocycles. The summed E-state index contributed by atoms with van der Waals surface area (Å²) < 4.78 is 1.88. The summed E-state index contributed by atoms with van der Waals surface area (Å²) >= 11 is 0. The van der Waals surface area contributed by atoms with E-state index in [0.717, 1.165) is 18.9 Å². The van der Waals surface area contributed by atoms with Crippen molar-refractivity contribution in [3.8, 4) is 0 Å². The minimum Gasteiger partial charge on any atom is -0.314 e. The van der Waals surface area contributed by atoms with Gasteiger partial charge >= 0.3 is 0 Å². The van der Waals surface area contributed by atoms with Crippen LogP contribution in [0.3, 0.4) is 0 Å². The highest BCUT2D eigenvalue weighted by molar-refractivity contribution is 4.99. The fourth-order valence-electron chi connectivity index (χ4n) is 2.08. The van der Waals surface area contributed by atoms with E-state index in [4.69, 9.17) is 0 Å². The van der Waals surface area contributed by atoms with Gasteiger partial charge in [-0.25, -0.2) is 0 Å². The fraction of sp³-hybridized carbons (Fsp3) is 0.769. The lowest BCUT2D eigenvalue weighted by Crippen LogP contribution is -2.30. The molecule has 92 valence electrons. The van der Waals surface area contributed by atoms with Crippen molar-refractivity contribution in [2.24, 2.45) is 13.0 Å². The van der Waals surface area contributed by atoms with Gasteiger partial charge in [0.1, 0.15) is 0 Å². The molecule has 0 aromatic carbocycles. The summed E-state index contributed by atoms with van der Waals surface area (Å²) in [6.07, 6.45) is 5.52. The summed E-state index contributed by atoms with van der Waals surface area (Å²) in [4.78, 5) is 0. The first-order chi connectivity index (χ1) is 7.61. The third kappa shape index (κ3) is 4.79. The van der Waals surface area contributed by atoms with E-state index >= 15 is 0 Å². The van der Waals surface area contributed by atoms with Crippen LogP contribution in [0.25, 0.3) is 0 Å².